The van der Waals surface area contributed by atoms with Crippen LogP contribution >= 0.6 is 11.6 Å². The molecule has 1 rings (SSSR count). The van der Waals surface area contributed by atoms with Gasteiger partial charge in [0.2, 0.25) is 0 Å². The summed E-state index contributed by atoms with van der Waals surface area (Å²) in [6.45, 7) is 7.03. The van der Waals surface area contributed by atoms with Gasteiger partial charge < -0.3 is 10.6 Å². The van der Waals surface area contributed by atoms with Crippen LogP contribution in [0.25, 0.3) is 0 Å². The quantitative estimate of drug-likeness (QED) is 0.735. The van der Waals surface area contributed by atoms with Crippen molar-refractivity contribution in [3.8, 4) is 0 Å². The fraction of sp³-hybridized carbons (Fsp3) is 0.538. The van der Waals surface area contributed by atoms with Crippen molar-refractivity contribution in [2.45, 2.75) is 26.3 Å². The first-order valence-corrected chi connectivity index (χ1v) is 6.35. The lowest BCUT2D eigenvalue weighted by atomic mass is 10.1. The average Bonchev–Trinajstić information content (AvgIpc) is 2.27. The van der Waals surface area contributed by atoms with E-state index in [1.54, 1.807) is 12.1 Å². The SMILES string of the molecule is CC(C)NCCNCCc1ccc(F)c(Cl)c1. The van der Waals surface area contributed by atoms with E-state index >= 15 is 0 Å². The monoisotopic (exact) mass is 258 g/mol. The highest BCUT2D eigenvalue weighted by Crippen LogP contribution is 2.15. The second kappa shape index (κ2) is 7.64. The molecule has 0 atom stereocenters. The third kappa shape index (κ3) is 6.01. The first kappa shape index (κ1) is 14.4. The Morgan fingerprint density at radius 2 is 2.00 bits per heavy atom. The molecule has 0 fully saturated rings. The van der Waals surface area contributed by atoms with Crippen molar-refractivity contribution in [2.75, 3.05) is 19.6 Å². The van der Waals surface area contributed by atoms with Gasteiger partial charge in [0.25, 0.3) is 0 Å². The number of halogens is 2. The van der Waals surface area contributed by atoms with Crippen LogP contribution in [0.15, 0.2) is 18.2 Å². The molecule has 0 unspecified atom stereocenters. The van der Waals surface area contributed by atoms with Crippen molar-refractivity contribution in [1.82, 2.24) is 10.6 Å². The van der Waals surface area contributed by atoms with E-state index in [2.05, 4.69) is 24.5 Å². The Labute approximate surface area is 108 Å². The van der Waals surface area contributed by atoms with E-state index < -0.39 is 0 Å². The fourth-order valence-electron chi connectivity index (χ4n) is 1.50. The van der Waals surface area contributed by atoms with Crippen LogP contribution in [0.2, 0.25) is 5.02 Å². The number of hydrogen-bond donors (Lipinski definition) is 2. The number of hydrogen-bond acceptors (Lipinski definition) is 2. The molecule has 0 heterocycles. The van der Waals surface area contributed by atoms with E-state index in [1.807, 2.05) is 0 Å². The van der Waals surface area contributed by atoms with Crippen molar-refractivity contribution in [3.63, 3.8) is 0 Å². The van der Waals surface area contributed by atoms with E-state index in [4.69, 9.17) is 11.6 Å². The lowest BCUT2D eigenvalue weighted by Gasteiger charge is -2.09. The van der Waals surface area contributed by atoms with E-state index in [0.717, 1.165) is 31.6 Å². The van der Waals surface area contributed by atoms with Crippen molar-refractivity contribution < 1.29 is 4.39 Å². The zero-order valence-corrected chi connectivity index (χ0v) is 11.1. The predicted octanol–water partition coefficient (Wildman–Crippen LogP) is 2.61. The maximum absolute atomic E-state index is 12.9. The van der Waals surface area contributed by atoms with Gasteiger partial charge in [0, 0.05) is 19.1 Å². The molecule has 2 N–H and O–H groups in total. The molecule has 0 saturated heterocycles. The molecule has 4 heteroatoms. The van der Waals surface area contributed by atoms with Crippen LogP contribution in [0.4, 0.5) is 4.39 Å². The standard InChI is InChI=1S/C13H20ClFN2/c1-10(2)17-8-7-16-6-5-11-3-4-13(15)12(14)9-11/h3-4,9-10,16-17H,5-8H2,1-2H3. The van der Waals surface area contributed by atoms with Gasteiger partial charge in [0.1, 0.15) is 5.82 Å². The summed E-state index contributed by atoms with van der Waals surface area (Å²) in [7, 11) is 0. The Kier molecular flexibility index (Phi) is 6.48. The topological polar surface area (TPSA) is 24.1 Å². The molecule has 1 aromatic rings. The summed E-state index contributed by atoms with van der Waals surface area (Å²) in [6, 6.07) is 5.39. The largest absolute Gasteiger partial charge is 0.315 e. The van der Waals surface area contributed by atoms with Crippen LogP contribution in [0, 0.1) is 5.82 Å². The van der Waals surface area contributed by atoms with Gasteiger partial charge in [-0.15, -0.1) is 0 Å². The summed E-state index contributed by atoms with van der Waals surface area (Å²) in [6.07, 6.45) is 0.863. The molecule has 0 aliphatic carbocycles. The summed E-state index contributed by atoms with van der Waals surface area (Å²) in [4.78, 5) is 0. The summed E-state index contributed by atoms with van der Waals surface area (Å²) in [5, 5.41) is 6.85. The summed E-state index contributed by atoms with van der Waals surface area (Å²) >= 11 is 5.71. The highest BCUT2D eigenvalue weighted by molar-refractivity contribution is 6.30. The molecule has 0 amide bonds. The van der Waals surface area contributed by atoms with Gasteiger partial charge in [-0.3, -0.25) is 0 Å². The van der Waals surface area contributed by atoms with Crippen LogP contribution in [-0.4, -0.2) is 25.7 Å². The van der Waals surface area contributed by atoms with Crippen molar-refractivity contribution in [1.29, 1.82) is 0 Å². The molecule has 0 aliphatic heterocycles. The molecule has 0 aliphatic rings. The molecule has 2 nitrogen and oxygen atoms in total. The molecular weight excluding hydrogens is 239 g/mol. The minimum absolute atomic E-state index is 0.198. The molecule has 0 radical (unpaired) electrons. The van der Waals surface area contributed by atoms with E-state index in [0.29, 0.717) is 6.04 Å². The Balaban J connectivity index is 2.16. The minimum atomic E-state index is -0.357. The second-order valence-corrected chi connectivity index (χ2v) is 4.76. The Bertz CT molecular complexity index is 342. The first-order chi connectivity index (χ1) is 8.09. The van der Waals surface area contributed by atoms with Crippen molar-refractivity contribution >= 4 is 11.6 Å². The van der Waals surface area contributed by atoms with Crippen LogP contribution in [0.5, 0.6) is 0 Å². The van der Waals surface area contributed by atoms with Gasteiger partial charge in [-0.1, -0.05) is 31.5 Å². The number of benzene rings is 1. The highest BCUT2D eigenvalue weighted by Gasteiger charge is 2.00. The van der Waals surface area contributed by atoms with E-state index in [-0.39, 0.29) is 10.8 Å². The summed E-state index contributed by atoms with van der Waals surface area (Å²) in [5.74, 6) is -0.357. The zero-order valence-electron chi connectivity index (χ0n) is 10.4. The van der Waals surface area contributed by atoms with Crippen LogP contribution in [0.3, 0.4) is 0 Å². The van der Waals surface area contributed by atoms with Gasteiger partial charge in [-0.25, -0.2) is 4.39 Å². The first-order valence-electron chi connectivity index (χ1n) is 5.97. The highest BCUT2D eigenvalue weighted by atomic mass is 35.5. The molecule has 17 heavy (non-hydrogen) atoms. The third-order valence-corrected chi connectivity index (χ3v) is 2.72. The minimum Gasteiger partial charge on any atom is -0.315 e. The van der Waals surface area contributed by atoms with Gasteiger partial charge >= 0.3 is 0 Å². The van der Waals surface area contributed by atoms with Crippen molar-refractivity contribution in [2.24, 2.45) is 0 Å². The van der Waals surface area contributed by atoms with Crippen molar-refractivity contribution in [3.05, 3.63) is 34.6 Å². The molecule has 0 spiro atoms. The maximum Gasteiger partial charge on any atom is 0.141 e. The van der Waals surface area contributed by atoms with E-state index in [9.17, 15) is 4.39 Å². The molecule has 96 valence electrons. The molecule has 0 bridgehead atoms. The van der Waals surface area contributed by atoms with Crippen LogP contribution in [0.1, 0.15) is 19.4 Å². The third-order valence-electron chi connectivity index (χ3n) is 2.43. The second-order valence-electron chi connectivity index (χ2n) is 4.36. The molecule has 0 saturated carbocycles. The number of rotatable bonds is 7. The smallest absolute Gasteiger partial charge is 0.141 e. The Morgan fingerprint density at radius 1 is 1.24 bits per heavy atom. The lowest BCUT2D eigenvalue weighted by Crippen LogP contribution is -2.32. The van der Waals surface area contributed by atoms with Gasteiger partial charge in [-0.2, -0.15) is 0 Å². The molecular formula is C13H20ClFN2. The maximum atomic E-state index is 12.9. The Morgan fingerprint density at radius 3 is 2.65 bits per heavy atom. The Hall–Kier alpha value is -0.640. The summed E-state index contributed by atoms with van der Waals surface area (Å²) < 4.78 is 12.9. The van der Waals surface area contributed by atoms with Gasteiger partial charge in [0.15, 0.2) is 0 Å². The van der Waals surface area contributed by atoms with E-state index in [1.165, 1.54) is 6.07 Å². The van der Waals surface area contributed by atoms with Gasteiger partial charge in [-0.05, 0) is 30.7 Å². The zero-order chi connectivity index (χ0) is 12.7. The summed E-state index contributed by atoms with van der Waals surface area (Å²) in [5.41, 5.74) is 1.06. The number of nitrogens with one attached hydrogen (secondary N) is 2. The molecule has 1 aromatic carbocycles. The van der Waals surface area contributed by atoms with Crippen LogP contribution < -0.4 is 10.6 Å². The molecule has 0 aromatic heterocycles. The normalized spacial score (nSPS) is 11.1. The van der Waals surface area contributed by atoms with Crippen LogP contribution in [-0.2, 0) is 6.42 Å². The van der Waals surface area contributed by atoms with Gasteiger partial charge in [0.05, 0.1) is 5.02 Å². The predicted molar refractivity (Wildman–Crippen MR) is 71.1 cm³/mol. The fourth-order valence-corrected chi connectivity index (χ4v) is 1.71. The lowest BCUT2D eigenvalue weighted by molar-refractivity contribution is 0.556. The average molecular weight is 259 g/mol.